The Kier molecular flexibility index (Phi) is 7.03. The van der Waals surface area contributed by atoms with Gasteiger partial charge in [0.2, 0.25) is 0 Å². The van der Waals surface area contributed by atoms with E-state index in [2.05, 4.69) is 12.1 Å². The topological polar surface area (TPSA) is 44.8 Å². The second-order valence-corrected chi connectivity index (χ2v) is 7.52. The Morgan fingerprint density at radius 3 is 2.27 bits per heavy atom. The van der Waals surface area contributed by atoms with Gasteiger partial charge >= 0.3 is 0 Å². The van der Waals surface area contributed by atoms with E-state index in [1.807, 2.05) is 66.7 Å². The molecule has 0 spiro atoms. The van der Waals surface area contributed by atoms with Gasteiger partial charge in [0, 0.05) is 12.0 Å². The molecule has 4 rings (SSSR count). The van der Waals surface area contributed by atoms with Crippen molar-refractivity contribution in [3.05, 3.63) is 107 Å². The molecule has 0 aromatic heterocycles. The van der Waals surface area contributed by atoms with Crippen molar-refractivity contribution in [1.82, 2.24) is 0 Å². The van der Waals surface area contributed by atoms with Gasteiger partial charge in [-0.05, 0) is 22.8 Å². The Bertz CT molecular complexity index is 926. The summed E-state index contributed by atoms with van der Waals surface area (Å²) < 4.78 is 18.5. The highest BCUT2D eigenvalue weighted by Crippen LogP contribution is 2.35. The van der Waals surface area contributed by atoms with Crippen LogP contribution in [0.2, 0.25) is 0 Å². The Balaban J connectivity index is 1.41. The standard InChI is InChI=1S/C26H26O4/c27-16-22-12-7-13-23(14-22)24-15-25(29-18-21-10-5-2-6-11-21)26(30-24)19-28-17-20-8-3-1-4-9-20/h1-14,16,24-26H,15,17-19H2/t24-,25-,26+/m0/s1. The number of benzene rings is 3. The van der Waals surface area contributed by atoms with Gasteiger partial charge in [-0.15, -0.1) is 0 Å². The lowest BCUT2D eigenvalue weighted by atomic mass is 10.0. The molecule has 1 fully saturated rings. The molecule has 4 nitrogen and oxygen atoms in total. The molecule has 0 amide bonds. The minimum absolute atomic E-state index is 0.0779. The minimum Gasteiger partial charge on any atom is -0.374 e. The van der Waals surface area contributed by atoms with Gasteiger partial charge in [-0.25, -0.2) is 0 Å². The monoisotopic (exact) mass is 402 g/mol. The van der Waals surface area contributed by atoms with Gasteiger partial charge in [-0.3, -0.25) is 4.79 Å². The van der Waals surface area contributed by atoms with Crippen molar-refractivity contribution >= 4 is 6.29 Å². The summed E-state index contributed by atoms with van der Waals surface area (Å²) in [6, 6.07) is 27.8. The molecular formula is C26H26O4. The van der Waals surface area contributed by atoms with Crippen LogP contribution in [-0.2, 0) is 27.4 Å². The van der Waals surface area contributed by atoms with Crippen molar-refractivity contribution in [2.45, 2.75) is 37.9 Å². The van der Waals surface area contributed by atoms with Crippen LogP contribution in [-0.4, -0.2) is 25.1 Å². The van der Waals surface area contributed by atoms with E-state index in [0.29, 0.717) is 25.4 Å². The van der Waals surface area contributed by atoms with Crippen molar-refractivity contribution in [1.29, 1.82) is 0 Å². The second-order valence-electron chi connectivity index (χ2n) is 7.52. The van der Waals surface area contributed by atoms with E-state index in [-0.39, 0.29) is 18.3 Å². The van der Waals surface area contributed by atoms with E-state index in [1.165, 1.54) is 0 Å². The molecule has 0 unspecified atom stereocenters. The molecule has 4 heteroatoms. The number of aldehydes is 1. The fourth-order valence-corrected chi connectivity index (χ4v) is 3.73. The summed E-state index contributed by atoms with van der Waals surface area (Å²) in [5.74, 6) is 0. The van der Waals surface area contributed by atoms with Crippen LogP contribution >= 0.6 is 0 Å². The van der Waals surface area contributed by atoms with Gasteiger partial charge < -0.3 is 14.2 Å². The summed E-state index contributed by atoms with van der Waals surface area (Å²) in [6.07, 6.45) is 1.24. The summed E-state index contributed by atoms with van der Waals surface area (Å²) in [5.41, 5.74) is 3.92. The first kappa shape index (κ1) is 20.5. The Morgan fingerprint density at radius 1 is 0.867 bits per heavy atom. The summed E-state index contributed by atoms with van der Waals surface area (Å²) in [7, 11) is 0. The smallest absolute Gasteiger partial charge is 0.150 e. The van der Waals surface area contributed by atoms with Crippen LogP contribution in [0.5, 0.6) is 0 Å². The molecule has 0 N–H and O–H groups in total. The predicted octanol–water partition coefficient (Wildman–Crippen LogP) is 5.13. The summed E-state index contributed by atoms with van der Waals surface area (Å²) >= 11 is 0. The third-order valence-corrected chi connectivity index (χ3v) is 5.32. The average Bonchev–Trinajstić information content (AvgIpc) is 3.22. The summed E-state index contributed by atoms with van der Waals surface area (Å²) in [5, 5.41) is 0. The molecule has 0 saturated carbocycles. The zero-order valence-electron chi connectivity index (χ0n) is 16.9. The third-order valence-electron chi connectivity index (χ3n) is 5.32. The Labute approximate surface area is 177 Å². The van der Waals surface area contributed by atoms with Crippen LogP contribution in [0.25, 0.3) is 0 Å². The fraction of sp³-hybridized carbons (Fsp3) is 0.269. The SMILES string of the molecule is O=Cc1cccc([C@@H]2C[C@H](OCc3ccccc3)[C@@H](COCc3ccccc3)O2)c1. The molecule has 0 radical (unpaired) electrons. The largest absolute Gasteiger partial charge is 0.374 e. The molecule has 1 aliphatic rings. The molecule has 0 aliphatic carbocycles. The lowest BCUT2D eigenvalue weighted by molar-refractivity contribution is -0.0715. The van der Waals surface area contributed by atoms with E-state index < -0.39 is 0 Å². The molecule has 3 aromatic carbocycles. The van der Waals surface area contributed by atoms with Crippen molar-refractivity contribution in [3.63, 3.8) is 0 Å². The van der Waals surface area contributed by atoms with Gasteiger partial charge in [-0.2, -0.15) is 0 Å². The normalized spacial score (nSPS) is 20.9. The van der Waals surface area contributed by atoms with Crippen molar-refractivity contribution < 1.29 is 19.0 Å². The molecule has 30 heavy (non-hydrogen) atoms. The zero-order chi connectivity index (χ0) is 20.6. The van der Waals surface area contributed by atoms with Gasteiger partial charge in [0.25, 0.3) is 0 Å². The molecular weight excluding hydrogens is 376 g/mol. The quantitative estimate of drug-likeness (QED) is 0.466. The highest BCUT2D eigenvalue weighted by atomic mass is 16.6. The molecule has 3 aromatic rings. The number of carbonyl (C=O) groups excluding carboxylic acids is 1. The van der Waals surface area contributed by atoms with Gasteiger partial charge in [-0.1, -0.05) is 78.9 Å². The van der Waals surface area contributed by atoms with Crippen LogP contribution in [0.3, 0.4) is 0 Å². The average molecular weight is 402 g/mol. The number of ether oxygens (including phenoxy) is 3. The molecule has 0 bridgehead atoms. The number of carbonyl (C=O) groups is 1. The molecule has 1 aliphatic heterocycles. The second kappa shape index (κ2) is 10.3. The van der Waals surface area contributed by atoms with E-state index >= 15 is 0 Å². The number of rotatable bonds is 9. The van der Waals surface area contributed by atoms with Crippen LogP contribution in [0.4, 0.5) is 0 Å². The predicted molar refractivity (Wildman–Crippen MR) is 115 cm³/mol. The maximum absolute atomic E-state index is 11.2. The molecule has 154 valence electrons. The maximum atomic E-state index is 11.2. The highest BCUT2D eigenvalue weighted by Gasteiger charge is 2.37. The van der Waals surface area contributed by atoms with Gasteiger partial charge in [0.05, 0.1) is 32.0 Å². The van der Waals surface area contributed by atoms with Crippen molar-refractivity contribution in [2.75, 3.05) is 6.61 Å². The Morgan fingerprint density at radius 2 is 1.57 bits per heavy atom. The number of hydrogen-bond acceptors (Lipinski definition) is 4. The third kappa shape index (κ3) is 5.42. The zero-order valence-corrected chi connectivity index (χ0v) is 16.9. The lowest BCUT2D eigenvalue weighted by Crippen LogP contribution is -2.29. The fourth-order valence-electron chi connectivity index (χ4n) is 3.73. The number of hydrogen-bond donors (Lipinski definition) is 0. The van der Waals surface area contributed by atoms with Gasteiger partial charge in [0.1, 0.15) is 12.4 Å². The highest BCUT2D eigenvalue weighted by molar-refractivity contribution is 5.75. The van der Waals surface area contributed by atoms with E-state index in [0.717, 1.165) is 29.4 Å². The maximum Gasteiger partial charge on any atom is 0.150 e. The van der Waals surface area contributed by atoms with Crippen LogP contribution in [0, 0.1) is 0 Å². The van der Waals surface area contributed by atoms with Crippen molar-refractivity contribution in [2.24, 2.45) is 0 Å². The van der Waals surface area contributed by atoms with Crippen LogP contribution in [0.1, 0.15) is 39.6 Å². The van der Waals surface area contributed by atoms with E-state index in [4.69, 9.17) is 14.2 Å². The van der Waals surface area contributed by atoms with E-state index in [1.54, 1.807) is 6.07 Å². The first-order valence-electron chi connectivity index (χ1n) is 10.3. The minimum atomic E-state index is -0.165. The van der Waals surface area contributed by atoms with E-state index in [9.17, 15) is 4.79 Å². The van der Waals surface area contributed by atoms with Crippen molar-refractivity contribution in [3.8, 4) is 0 Å². The van der Waals surface area contributed by atoms with Gasteiger partial charge in [0.15, 0.2) is 0 Å². The first-order chi connectivity index (χ1) is 14.8. The summed E-state index contributed by atoms with van der Waals surface area (Å²) in [4.78, 5) is 11.2. The first-order valence-corrected chi connectivity index (χ1v) is 10.3. The Hall–Kier alpha value is -2.79. The van der Waals surface area contributed by atoms with Crippen LogP contribution in [0.15, 0.2) is 84.9 Å². The van der Waals surface area contributed by atoms with Crippen LogP contribution < -0.4 is 0 Å². The summed E-state index contributed by atoms with van der Waals surface area (Å²) in [6.45, 7) is 1.53. The lowest BCUT2D eigenvalue weighted by Gasteiger charge is -2.19. The molecule has 1 heterocycles. The molecule has 3 atom stereocenters. The molecule has 1 saturated heterocycles.